The number of sulfone groups is 1. The fourth-order valence-electron chi connectivity index (χ4n) is 9.90. The van der Waals surface area contributed by atoms with Crippen LogP contribution in [0.5, 0.6) is 0 Å². The molecule has 0 heterocycles. The molecule has 0 aromatic heterocycles. The third kappa shape index (κ3) is 5.62. The molecule has 2 N–H and O–H groups in total. The summed E-state index contributed by atoms with van der Waals surface area (Å²) in [6.45, 7) is 7.13. The molecular weight excluding hydrogens is 561 g/mol. The number of hydrogen-bond donors (Lipinski definition) is 2. The smallest absolute Gasteiger partial charge is 0.390 e. The van der Waals surface area contributed by atoms with Crippen LogP contribution >= 0.6 is 0 Å². The first-order valence-electron chi connectivity index (χ1n) is 16.0. The zero-order valence-corrected chi connectivity index (χ0v) is 26.4. The number of rotatable bonds is 8. The summed E-state index contributed by atoms with van der Waals surface area (Å²) < 4.78 is 68.8. The van der Waals surface area contributed by atoms with Crippen molar-refractivity contribution in [2.45, 2.75) is 126 Å². The molecule has 4 aliphatic carbocycles. The lowest BCUT2D eigenvalue weighted by Gasteiger charge is -2.55. The second-order valence-corrected chi connectivity index (χ2v) is 17.0. The summed E-state index contributed by atoms with van der Waals surface area (Å²) in [5.41, 5.74) is -2.21. The molecular formula is C34H49F3O4S. The zero-order chi connectivity index (χ0) is 30.7. The van der Waals surface area contributed by atoms with Crippen molar-refractivity contribution in [1.82, 2.24) is 0 Å². The molecule has 4 aliphatic rings. The Morgan fingerprint density at radius 1 is 1.05 bits per heavy atom. The van der Waals surface area contributed by atoms with Gasteiger partial charge in [0.05, 0.1) is 15.7 Å². The molecule has 0 saturated heterocycles. The van der Waals surface area contributed by atoms with Crippen molar-refractivity contribution in [2.75, 3.05) is 0 Å². The molecule has 0 amide bonds. The number of benzene rings is 1. The van der Waals surface area contributed by atoms with Crippen molar-refractivity contribution in [3.63, 3.8) is 0 Å². The van der Waals surface area contributed by atoms with Gasteiger partial charge in [0.25, 0.3) is 0 Å². The van der Waals surface area contributed by atoms with Gasteiger partial charge in [0.2, 0.25) is 0 Å². The average molecular weight is 611 g/mol. The van der Waals surface area contributed by atoms with Crippen LogP contribution in [0.2, 0.25) is 0 Å². The van der Waals surface area contributed by atoms with E-state index in [0.717, 1.165) is 57.8 Å². The number of fused-ring (bicyclic) bond motifs is 5. The minimum Gasteiger partial charge on any atom is -0.390 e. The van der Waals surface area contributed by atoms with Crippen LogP contribution in [-0.4, -0.2) is 41.3 Å². The van der Waals surface area contributed by atoms with Gasteiger partial charge in [-0.3, -0.25) is 0 Å². The van der Waals surface area contributed by atoms with Gasteiger partial charge in [-0.1, -0.05) is 50.6 Å². The van der Waals surface area contributed by atoms with Gasteiger partial charge >= 0.3 is 6.18 Å². The molecule has 10 atom stereocenters. The Kier molecular flexibility index (Phi) is 8.54. The van der Waals surface area contributed by atoms with Crippen LogP contribution in [-0.2, 0) is 9.84 Å². The quantitative estimate of drug-likeness (QED) is 0.294. The van der Waals surface area contributed by atoms with Gasteiger partial charge in [0.1, 0.15) is 0 Å². The Balaban J connectivity index is 1.37. The van der Waals surface area contributed by atoms with Crippen molar-refractivity contribution >= 4 is 9.84 Å². The lowest BCUT2D eigenvalue weighted by atomic mass is 9.50. The molecule has 4 nitrogen and oxygen atoms in total. The number of halogens is 3. The van der Waals surface area contributed by atoms with E-state index in [4.69, 9.17) is 0 Å². The molecule has 236 valence electrons. The summed E-state index contributed by atoms with van der Waals surface area (Å²) in [6, 6.07) is 7.70. The SMILES string of the molecule is CC[C@]1(O)CC[C@H]2C(=CC[C@@H]3C2CC[C@]2(C)[C@@H]([C@H](C)CC(C[C@](C)(O)C(F)(F)F)S(=O)(=O)c4ccccc4)CC[C@@H]32)C1. The third-order valence-corrected chi connectivity index (χ3v) is 14.6. The Hall–Kier alpha value is -1.38. The van der Waals surface area contributed by atoms with Crippen molar-refractivity contribution in [3.05, 3.63) is 42.0 Å². The number of aliphatic hydroxyl groups is 2. The molecule has 1 aromatic rings. The van der Waals surface area contributed by atoms with Crippen molar-refractivity contribution in [1.29, 1.82) is 0 Å². The molecule has 0 radical (unpaired) electrons. The molecule has 5 rings (SSSR count). The molecule has 8 heteroatoms. The van der Waals surface area contributed by atoms with E-state index >= 15 is 0 Å². The van der Waals surface area contributed by atoms with Gasteiger partial charge in [-0.15, -0.1) is 0 Å². The Morgan fingerprint density at radius 2 is 1.74 bits per heavy atom. The Labute approximate surface area is 250 Å². The molecule has 0 spiro atoms. The monoisotopic (exact) mass is 610 g/mol. The predicted octanol–water partition coefficient (Wildman–Crippen LogP) is 7.89. The highest BCUT2D eigenvalue weighted by Gasteiger charge is 2.58. The first-order chi connectivity index (χ1) is 19.5. The molecule has 1 aromatic carbocycles. The van der Waals surface area contributed by atoms with Crippen LogP contribution in [0.4, 0.5) is 13.2 Å². The lowest BCUT2D eigenvalue weighted by Crippen LogP contribution is -2.49. The van der Waals surface area contributed by atoms with Crippen LogP contribution in [0.3, 0.4) is 0 Å². The molecule has 3 saturated carbocycles. The minimum atomic E-state index is -4.93. The second-order valence-electron chi connectivity index (χ2n) is 14.7. The van der Waals surface area contributed by atoms with E-state index in [2.05, 4.69) is 19.9 Å². The van der Waals surface area contributed by atoms with Gasteiger partial charge in [-0.25, -0.2) is 8.42 Å². The summed E-state index contributed by atoms with van der Waals surface area (Å²) in [7, 11) is -4.10. The highest BCUT2D eigenvalue weighted by Crippen LogP contribution is 2.65. The summed E-state index contributed by atoms with van der Waals surface area (Å²) in [5.74, 6) is 2.35. The van der Waals surface area contributed by atoms with E-state index in [9.17, 15) is 31.8 Å². The maximum atomic E-state index is 13.8. The zero-order valence-electron chi connectivity index (χ0n) is 25.5. The highest BCUT2D eigenvalue weighted by atomic mass is 32.2. The van der Waals surface area contributed by atoms with E-state index < -0.39 is 38.9 Å². The van der Waals surface area contributed by atoms with Crippen LogP contribution in [0.1, 0.15) is 98.3 Å². The standard InChI is InChI=1S/C34H49F3O4S/c1-5-33(39)18-16-26-23(20-33)11-12-28-27(26)15-17-31(3)29(13-14-30(28)31)22(2)19-25(21-32(4,38)34(35,36)37)42(40,41)24-9-7-6-8-10-24/h6-11,22,25-30,38-39H,5,12-21H2,1-4H3/t22-,25?,26+,27?,28-,29-,30+,31-,32+,33+/m1/s1. The lowest BCUT2D eigenvalue weighted by molar-refractivity contribution is -0.255. The van der Waals surface area contributed by atoms with Crippen molar-refractivity contribution in [3.8, 4) is 0 Å². The molecule has 0 aliphatic heterocycles. The first kappa shape index (κ1) is 32.0. The summed E-state index contributed by atoms with van der Waals surface area (Å²) in [6.07, 6.45) is 5.37. The van der Waals surface area contributed by atoms with Crippen LogP contribution in [0.15, 0.2) is 46.9 Å². The number of hydrogen-bond acceptors (Lipinski definition) is 4. The minimum absolute atomic E-state index is 0.00319. The van der Waals surface area contributed by atoms with Gasteiger partial charge in [-0.2, -0.15) is 13.2 Å². The van der Waals surface area contributed by atoms with Gasteiger partial charge in [0, 0.05) is 6.42 Å². The van der Waals surface area contributed by atoms with E-state index in [0.29, 0.717) is 30.6 Å². The summed E-state index contributed by atoms with van der Waals surface area (Å²) >= 11 is 0. The summed E-state index contributed by atoms with van der Waals surface area (Å²) in [5, 5.41) is 20.0. The van der Waals surface area contributed by atoms with E-state index in [1.54, 1.807) is 18.2 Å². The van der Waals surface area contributed by atoms with E-state index in [1.807, 2.05) is 6.92 Å². The third-order valence-electron chi connectivity index (χ3n) is 12.4. The Morgan fingerprint density at radius 3 is 2.38 bits per heavy atom. The largest absolute Gasteiger partial charge is 0.416 e. The van der Waals surface area contributed by atoms with E-state index in [1.165, 1.54) is 17.7 Å². The van der Waals surface area contributed by atoms with Crippen molar-refractivity contribution in [2.24, 2.45) is 40.9 Å². The normalized spacial score (nSPS) is 37.9. The fourth-order valence-corrected chi connectivity index (χ4v) is 11.9. The van der Waals surface area contributed by atoms with Gasteiger partial charge in [-0.05, 0) is 124 Å². The maximum Gasteiger partial charge on any atom is 0.416 e. The summed E-state index contributed by atoms with van der Waals surface area (Å²) in [4.78, 5) is 0.00319. The van der Waals surface area contributed by atoms with E-state index in [-0.39, 0.29) is 28.6 Å². The maximum absolute atomic E-state index is 13.8. The van der Waals surface area contributed by atoms with Gasteiger partial charge < -0.3 is 10.2 Å². The molecule has 42 heavy (non-hydrogen) atoms. The molecule has 0 bridgehead atoms. The van der Waals surface area contributed by atoms with Crippen LogP contribution in [0.25, 0.3) is 0 Å². The van der Waals surface area contributed by atoms with Crippen LogP contribution < -0.4 is 0 Å². The topological polar surface area (TPSA) is 74.6 Å². The van der Waals surface area contributed by atoms with Crippen molar-refractivity contribution < 1.29 is 31.8 Å². The number of alkyl halides is 3. The van der Waals surface area contributed by atoms with Gasteiger partial charge in [0.15, 0.2) is 15.4 Å². The highest BCUT2D eigenvalue weighted by molar-refractivity contribution is 7.92. The predicted molar refractivity (Wildman–Crippen MR) is 158 cm³/mol. The average Bonchev–Trinajstić information content (AvgIpc) is 3.29. The Bertz CT molecular complexity index is 1260. The molecule has 2 unspecified atom stereocenters. The molecule has 3 fully saturated rings. The second kappa shape index (κ2) is 11.2. The first-order valence-corrected chi connectivity index (χ1v) is 17.6. The van der Waals surface area contributed by atoms with Crippen LogP contribution in [0, 0.1) is 40.9 Å². The fraction of sp³-hybridized carbons (Fsp3) is 0.765. The number of allylic oxidation sites excluding steroid dienone is 1.